The van der Waals surface area contributed by atoms with Gasteiger partial charge in [-0.3, -0.25) is 4.79 Å². The van der Waals surface area contributed by atoms with E-state index in [-0.39, 0.29) is 18.3 Å². The number of halogens is 1. The maximum Gasteiger partial charge on any atom is 0.220 e. The summed E-state index contributed by atoms with van der Waals surface area (Å²) in [5.41, 5.74) is 2.10. The van der Waals surface area contributed by atoms with Gasteiger partial charge >= 0.3 is 0 Å². The van der Waals surface area contributed by atoms with Gasteiger partial charge in [0, 0.05) is 18.5 Å². The van der Waals surface area contributed by atoms with Gasteiger partial charge in [-0.05, 0) is 50.7 Å². The van der Waals surface area contributed by atoms with E-state index in [1.807, 2.05) is 62.5 Å². The fourth-order valence-corrected chi connectivity index (χ4v) is 2.23. The van der Waals surface area contributed by atoms with Gasteiger partial charge in [-0.15, -0.1) is 12.4 Å². The first kappa shape index (κ1) is 20.0. The number of para-hydroxylation sites is 1. The Morgan fingerprint density at radius 3 is 2.58 bits per heavy atom. The second kappa shape index (κ2) is 10.7. The van der Waals surface area contributed by atoms with Gasteiger partial charge < -0.3 is 15.4 Å². The molecule has 0 saturated carbocycles. The van der Waals surface area contributed by atoms with Gasteiger partial charge in [0.2, 0.25) is 5.91 Å². The summed E-state index contributed by atoms with van der Waals surface area (Å²) in [4.78, 5) is 11.8. The van der Waals surface area contributed by atoms with Crippen LogP contribution in [0, 0.1) is 6.92 Å². The molecule has 2 aromatic carbocycles. The van der Waals surface area contributed by atoms with Gasteiger partial charge in [-0.2, -0.15) is 0 Å². The Hall–Kier alpha value is -2.04. The molecule has 0 aromatic heterocycles. The molecule has 2 rings (SSSR count). The molecule has 130 valence electrons. The summed E-state index contributed by atoms with van der Waals surface area (Å²) in [6.45, 7) is 3.35. The number of carbonyl (C=O) groups is 1. The third-order valence-electron chi connectivity index (χ3n) is 3.50. The van der Waals surface area contributed by atoms with Crippen molar-refractivity contribution in [2.75, 3.05) is 13.6 Å². The highest BCUT2D eigenvalue weighted by molar-refractivity contribution is 5.85. The van der Waals surface area contributed by atoms with Crippen LogP contribution in [0.15, 0.2) is 48.5 Å². The third kappa shape index (κ3) is 6.60. The largest absolute Gasteiger partial charge is 0.457 e. The van der Waals surface area contributed by atoms with E-state index in [1.165, 1.54) is 0 Å². The minimum Gasteiger partial charge on any atom is -0.457 e. The summed E-state index contributed by atoms with van der Waals surface area (Å²) in [6, 6.07) is 15.7. The second-order valence-electron chi connectivity index (χ2n) is 5.51. The minimum atomic E-state index is 0. The first-order valence-corrected chi connectivity index (χ1v) is 7.93. The van der Waals surface area contributed by atoms with Crippen molar-refractivity contribution >= 4 is 18.3 Å². The van der Waals surface area contributed by atoms with E-state index >= 15 is 0 Å². The van der Waals surface area contributed by atoms with E-state index < -0.39 is 0 Å². The van der Waals surface area contributed by atoms with Crippen LogP contribution < -0.4 is 15.4 Å². The van der Waals surface area contributed by atoms with E-state index in [0.29, 0.717) is 13.0 Å². The van der Waals surface area contributed by atoms with E-state index in [4.69, 9.17) is 4.74 Å². The first-order chi connectivity index (χ1) is 11.2. The molecule has 2 N–H and O–H groups in total. The fourth-order valence-electron chi connectivity index (χ4n) is 2.23. The average Bonchev–Trinajstić information content (AvgIpc) is 2.55. The van der Waals surface area contributed by atoms with Crippen molar-refractivity contribution < 1.29 is 9.53 Å². The minimum absolute atomic E-state index is 0. The fraction of sp³-hybridized carbons (Fsp3) is 0.316. The molecule has 0 aliphatic heterocycles. The van der Waals surface area contributed by atoms with Crippen LogP contribution in [0.4, 0.5) is 0 Å². The molecule has 4 nitrogen and oxygen atoms in total. The normalized spacial score (nSPS) is 9.92. The molecule has 5 heteroatoms. The number of aryl methyl sites for hydroxylation is 1. The molecule has 0 saturated heterocycles. The quantitative estimate of drug-likeness (QED) is 0.713. The van der Waals surface area contributed by atoms with Crippen molar-refractivity contribution in [3.05, 3.63) is 59.7 Å². The lowest BCUT2D eigenvalue weighted by atomic mass is 10.1. The molecule has 0 heterocycles. The number of amides is 1. The number of rotatable bonds is 8. The standard InChI is InChI=1S/C19H24N2O2.ClH/c1-15-10-11-16(14-21-19(22)9-6-12-20-2)18(13-15)23-17-7-4-3-5-8-17;/h3-5,7-8,10-11,13,20H,6,9,12,14H2,1-2H3,(H,21,22);1H. The monoisotopic (exact) mass is 348 g/mol. The van der Waals surface area contributed by atoms with Gasteiger partial charge in [-0.25, -0.2) is 0 Å². The van der Waals surface area contributed by atoms with Crippen molar-refractivity contribution in [3.8, 4) is 11.5 Å². The summed E-state index contributed by atoms with van der Waals surface area (Å²) in [7, 11) is 1.89. The zero-order valence-corrected chi connectivity index (χ0v) is 15.0. The Kier molecular flexibility index (Phi) is 8.90. The van der Waals surface area contributed by atoms with Crippen LogP contribution in [-0.4, -0.2) is 19.5 Å². The highest BCUT2D eigenvalue weighted by Crippen LogP contribution is 2.26. The van der Waals surface area contributed by atoms with Crippen LogP contribution in [0.25, 0.3) is 0 Å². The van der Waals surface area contributed by atoms with E-state index in [9.17, 15) is 4.79 Å². The summed E-state index contributed by atoms with van der Waals surface area (Å²) >= 11 is 0. The van der Waals surface area contributed by atoms with Crippen molar-refractivity contribution in [2.24, 2.45) is 0 Å². The summed E-state index contributed by atoms with van der Waals surface area (Å²) in [5, 5.41) is 6.00. The average molecular weight is 349 g/mol. The zero-order chi connectivity index (χ0) is 16.5. The Morgan fingerprint density at radius 2 is 1.88 bits per heavy atom. The van der Waals surface area contributed by atoms with Gasteiger partial charge in [0.05, 0.1) is 0 Å². The summed E-state index contributed by atoms with van der Waals surface area (Å²) in [5.74, 6) is 1.64. The summed E-state index contributed by atoms with van der Waals surface area (Å²) in [6.07, 6.45) is 1.37. The van der Waals surface area contributed by atoms with E-state index in [0.717, 1.165) is 35.6 Å². The van der Waals surface area contributed by atoms with Crippen LogP contribution in [0.2, 0.25) is 0 Å². The molecule has 1 amide bonds. The van der Waals surface area contributed by atoms with Crippen molar-refractivity contribution in [1.82, 2.24) is 10.6 Å². The highest BCUT2D eigenvalue weighted by Gasteiger charge is 2.08. The van der Waals surface area contributed by atoms with Crippen LogP contribution in [0.1, 0.15) is 24.0 Å². The number of hydrogen-bond donors (Lipinski definition) is 2. The molecule has 2 aromatic rings. The molecule has 24 heavy (non-hydrogen) atoms. The molecule has 0 unspecified atom stereocenters. The van der Waals surface area contributed by atoms with E-state index in [1.54, 1.807) is 0 Å². The Balaban J connectivity index is 0.00000288. The molecule has 0 spiro atoms. The molecular formula is C19H25ClN2O2. The molecule has 0 aliphatic carbocycles. The van der Waals surface area contributed by atoms with Crippen molar-refractivity contribution in [3.63, 3.8) is 0 Å². The Bertz CT molecular complexity index is 633. The number of nitrogens with one attached hydrogen (secondary N) is 2. The molecule has 0 radical (unpaired) electrons. The smallest absolute Gasteiger partial charge is 0.220 e. The number of hydrogen-bond acceptors (Lipinski definition) is 3. The molecule has 0 fully saturated rings. The SMILES string of the molecule is CNCCCC(=O)NCc1ccc(C)cc1Oc1ccccc1.Cl. The predicted molar refractivity (Wildman–Crippen MR) is 100.0 cm³/mol. The molecule has 0 bridgehead atoms. The topological polar surface area (TPSA) is 50.4 Å². The lowest BCUT2D eigenvalue weighted by Crippen LogP contribution is -2.23. The number of benzene rings is 2. The van der Waals surface area contributed by atoms with Gasteiger partial charge in [0.25, 0.3) is 0 Å². The maximum atomic E-state index is 11.8. The van der Waals surface area contributed by atoms with Crippen molar-refractivity contribution in [2.45, 2.75) is 26.3 Å². The van der Waals surface area contributed by atoms with Crippen LogP contribution in [0.5, 0.6) is 11.5 Å². The van der Waals surface area contributed by atoms with Crippen molar-refractivity contribution in [1.29, 1.82) is 0 Å². The van der Waals surface area contributed by atoms with Crippen LogP contribution in [0.3, 0.4) is 0 Å². The van der Waals surface area contributed by atoms with Crippen LogP contribution in [-0.2, 0) is 11.3 Å². The summed E-state index contributed by atoms with van der Waals surface area (Å²) < 4.78 is 5.96. The molecule has 0 aliphatic rings. The second-order valence-corrected chi connectivity index (χ2v) is 5.51. The number of carbonyl (C=O) groups excluding carboxylic acids is 1. The number of ether oxygens (including phenoxy) is 1. The van der Waals surface area contributed by atoms with E-state index in [2.05, 4.69) is 10.6 Å². The van der Waals surface area contributed by atoms with Crippen LogP contribution >= 0.6 is 12.4 Å². The maximum absolute atomic E-state index is 11.8. The first-order valence-electron chi connectivity index (χ1n) is 7.93. The molecular weight excluding hydrogens is 324 g/mol. The lowest BCUT2D eigenvalue weighted by Gasteiger charge is -2.13. The predicted octanol–water partition coefficient (Wildman–Crippen LogP) is 3.82. The van der Waals surface area contributed by atoms with Gasteiger partial charge in [0.1, 0.15) is 11.5 Å². The third-order valence-corrected chi connectivity index (χ3v) is 3.50. The van der Waals surface area contributed by atoms with Gasteiger partial charge in [-0.1, -0.05) is 30.3 Å². The van der Waals surface area contributed by atoms with Gasteiger partial charge in [0.15, 0.2) is 0 Å². The Labute approximate surface area is 150 Å². The lowest BCUT2D eigenvalue weighted by molar-refractivity contribution is -0.121. The zero-order valence-electron chi connectivity index (χ0n) is 14.2. The highest BCUT2D eigenvalue weighted by atomic mass is 35.5. The Morgan fingerprint density at radius 1 is 1.12 bits per heavy atom. The molecule has 0 atom stereocenters.